The van der Waals surface area contributed by atoms with Gasteiger partial charge in [0.25, 0.3) is 11.8 Å². The van der Waals surface area contributed by atoms with Crippen molar-refractivity contribution in [2.75, 3.05) is 19.6 Å². The van der Waals surface area contributed by atoms with Gasteiger partial charge in [0, 0.05) is 30.6 Å². The zero-order chi connectivity index (χ0) is 17.0. The Balaban J connectivity index is 1.61. The zero-order valence-corrected chi connectivity index (χ0v) is 14.4. The molecule has 5 heteroatoms. The molecule has 2 fully saturated rings. The molecule has 130 valence electrons. The fourth-order valence-corrected chi connectivity index (χ4v) is 4.69. The van der Waals surface area contributed by atoms with Crippen LogP contribution in [0.2, 0.25) is 0 Å². The number of carbonyl (C=O) groups is 2. The standard InChI is InChI=1S/C20H23N3O2/c24-18-17-11-14-5-6-15(19(25)22-9-2-1-3-10-22)12-16(14)23(17)20(13-21-18)7-4-8-20/h5-6,11-12H,1-4,7-10,13H2,(H,21,24). The summed E-state index contributed by atoms with van der Waals surface area (Å²) in [6.45, 7) is 2.41. The van der Waals surface area contributed by atoms with Gasteiger partial charge >= 0.3 is 0 Å². The third kappa shape index (κ3) is 2.14. The monoisotopic (exact) mass is 337 g/mol. The van der Waals surface area contributed by atoms with Gasteiger partial charge in [0.1, 0.15) is 5.69 Å². The van der Waals surface area contributed by atoms with E-state index in [0.717, 1.165) is 60.9 Å². The normalized spacial score (nSPS) is 21.8. The fraction of sp³-hybridized carbons (Fsp3) is 0.500. The molecule has 1 saturated carbocycles. The largest absolute Gasteiger partial charge is 0.348 e. The number of nitrogens with zero attached hydrogens (tertiary/aromatic N) is 2. The van der Waals surface area contributed by atoms with E-state index in [4.69, 9.17) is 0 Å². The van der Waals surface area contributed by atoms with E-state index in [1.54, 1.807) is 0 Å². The van der Waals surface area contributed by atoms with E-state index in [0.29, 0.717) is 6.54 Å². The molecule has 1 aromatic heterocycles. The van der Waals surface area contributed by atoms with Crippen LogP contribution in [-0.2, 0) is 5.54 Å². The number of nitrogens with one attached hydrogen (secondary N) is 1. The number of fused-ring (bicyclic) bond motifs is 4. The molecule has 1 aliphatic carbocycles. The molecule has 0 atom stereocenters. The van der Waals surface area contributed by atoms with Crippen molar-refractivity contribution in [1.82, 2.24) is 14.8 Å². The van der Waals surface area contributed by atoms with Crippen molar-refractivity contribution in [3.05, 3.63) is 35.5 Å². The highest BCUT2D eigenvalue weighted by Gasteiger charge is 2.44. The van der Waals surface area contributed by atoms with Crippen LogP contribution in [0.5, 0.6) is 0 Å². The summed E-state index contributed by atoms with van der Waals surface area (Å²) in [4.78, 5) is 27.2. The minimum atomic E-state index is -0.00219. The number of likely N-dealkylation sites (tertiary alicyclic amines) is 1. The zero-order valence-electron chi connectivity index (χ0n) is 14.4. The smallest absolute Gasteiger partial charge is 0.268 e. The summed E-state index contributed by atoms with van der Waals surface area (Å²) in [6, 6.07) is 7.89. The van der Waals surface area contributed by atoms with Gasteiger partial charge in [-0.3, -0.25) is 9.59 Å². The molecule has 3 aliphatic rings. The van der Waals surface area contributed by atoms with Crippen molar-refractivity contribution >= 4 is 22.7 Å². The van der Waals surface area contributed by atoms with E-state index in [-0.39, 0.29) is 17.4 Å². The highest BCUT2D eigenvalue weighted by atomic mass is 16.2. The lowest BCUT2D eigenvalue weighted by Crippen LogP contribution is -2.55. The van der Waals surface area contributed by atoms with Gasteiger partial charge in [0.2, 0.25) is 0 Å². The second-order valence-electron chi connectivity index (χ2n) is 7.75. The minimum absolute atomic E-state index is 0.00219. The summed E-state index contributed by atoms with van der Waals surface area (Å²) in [7, 11) is 0. The molecule has 0 radical (unpaired) electrons. The van der Waals surface area contributed by atoms with Crippen molar-refractivity contribution in [2.24, 2.45) is 0 Å². The van der Waals surface area contributed by atoms with Crippen molar-refractivity contribution in [2.45, 2.75) is 44.1 Å². The molecule has 1 saturated heterocycles. The minimum Gasteiger partial charge on any atom is -0.348 e. The molecule has 3 heterocycles. The Morgan fingerprint density at radius 2 is 1.84 bits per heavy atom. The third-order valence-corrected chi connectivity index (χ3v) is 6.26. The molecule has 1 spiro atoms. The van der Waals surface area contributed by atoms with Gasteiger partial charge in [-0.05, 0) is 56.7 Å². The second kappa shape index (κ2) is 5.35. The first-order valence-electron chi connectivity index (χ1n) is 9.41. The maximum Gasteiger partial charge on any atom is 0.268 e. The van der Waals surface area contributed by atoms with E-state index < -0.39 is 0 Å². The molecule has 2 aromatic rings. The highest BCUT2D eigenvalue weighted by Crippen LogP contribution is 2.44. The van der Waals surface area contributed by atoms with Crippen LogP contribution in [0.25, 0.3) is 10.9 Å². The number of rotatable bonds is 1. The van der Waals surface area contributed by atoms with Crippen molar-refractivity contribution < 1.29 is 9.59 Å². The van der Waals surface area contributed by atoms with Crippen LogP contribution in [0, 0.1) is 0 Å². The van der Waals surface area contributed by atoms with E-state index >= 15 is 0 Å². The molecule has 25 heavy (non-hydrogen) atoms. The van der Waals surface area contributed by atoms with Crippen LogP contribution in [0.3, 0.4) is 0 Å². The lowest BCUT2D eigenvalue weighted by atomic mass is 9.75. The topological polar surface area (TPSA) is 54.3 Å². The Hall–Kier alpha value is -2.30. The van der Waals surface area contributed by atoms with E-state index in [2.05, 4.69) is 9.88 Å². The Morgan fingerprint density at radius 3 is 2.56 bits per heavy atom. The lowest BCUT2D eigenvalue weighted by molar-refractivity contribution is 0.0724. The molecule has 0 bridgehead atoms. The molecule has 5 nitrogen and oxygen atoms in total. The average Bonchev–Trinajstić information content (AvgIpc) is 3.01. The SMILES string of the molecule is O=C1NCC2(CCC2)n2c1cc1ccc(C(=O)N3CCCCC3)cc12. The predicted octanol–water partition coefficient (Wildman–Crippen LogP) is 2.89. The average molecular weight is 337 g/mol. The molecular formula is C20H23N3O2. The lowest BCUT2D eigenvalue weighted by Gasteiger charge is -2.47. The Labute approximate surface area is 147 Å². The van der Waals surface area contributed by atoms with Gasteiger partial charge in [-0.1, -0.05) is 6.07 Å². The van der Waals surface area contributed by atoms with Crippen molar-refractivity contribution in [3.8, 4) is 0 Å². The number of amides is 2. The Bertz CT molecular complexity index is 872. The van der Waals surface area contributed by atoms with E-state index in [1.807, 2.05) is 29.2 Å². The Kier molecular flexibility index (Phi) is 3.21. The first-order valence-corrected chi connectivity index (χ1v) is 9.41. The molecular weight excluding hydrogens is 314 g/mol. The van der Waals surface area contributed by atoms with Crippen LogP contribution in [0.1, 0.15) is 59.4 Å². The van der Waals surface area contributed by atoms with Gasteiger partial charge in [-0.25, -0.2) is 0 Å². The van der Waals surface area contributed by atoms with Gasteiger partial charge in [-0.2, -0.15) is 0 Å². The Morgan fingerprint density at radius 1 is 1.04 bits per heavy atom. The van der Waals surface area contributed by atoms with Gasteiger partial charge in [0.15, 0.2) is 0 Å². The van der Waals surface area contributed by atoms with E-state index in [9.17, 15) is 9.59 Å². The van der Waals surface area contributed by atoms with Gasteiger partial charge in [-0.15, -0.1) is 0 Å². The maximum absolute atomic E-state index is 12.9. The summed E-state index contributed by atoms with van der Waals surface area (Å²) >= 11 is 0. The number of carbonyl (C=O) groups excluding carboxylic acids is 2. The molecule has 0 unspecified atom stereocenters. The van der Waals surface area contributed by atoms with Crippen LogP contribution < -0.4 is 5.32 Å². The number of hydrogen-bond acceptors (Lipinski definition) is 2. The third-order valence-electron chi connectivity index (χ3n) is 6.26. The number of hydrogen-bond donors (Lipinski definition) is 1. The van der Waals surface area contributed by atoms with Gasteiger partial charge in [0.05, 0.1) is 11.1 Å². The molecule has 2 aliphatic heterocycles. The summed E-state index contributed by atoms with van der Waals surface area (Å²) < 4.78 is 2.22. The number of piperidine rings is 1. The van der Waals surface area contributed by atoms with E-state index in [1.165, 1.54) is 12.8 Å². The highest BCUT2D eigenvalue weighted by molar-refractivity contribution is 6.03. The maximum atomic E-state index is 12.9. The van der Waals surface area contributed by atoms with Crippen molar-refractivity contribution in [3.63, 3.8) is 0 Å². The molecule has 5 rings (SSSR count). The van der Waals surface area contributed by atoms with Crippen LogP contribution in [0.4, 0.5) is 0 Å². The predicted molar refractivity (Wildman–Crippen MR) is 95.9 cm³/mol. The number of aromatic nitrogens is 1. The number of benzene rings is 1. The summed E-state index contributed by atoms with van der Waals surface area (Å²) in [5.41, 5.74) is 2.53. The summed E-state index contributed by atoms with van der Waals surface area (Å²) in [5, 5.41) is 4.10. The molecule has 2 amide bonds. The fourth-order valence-electron chi connectivity index (χ4n) is 4.69. The van der Waals surface area contributed by atoms with Gasteiger partial charge < -0.3 is 14.8 Å². The first kappa shape index (κ1) is 15.0. The first-order chi connectivity index (χ1) is 12.2. The second-order valence-corrected chi connectivity index (χ2v) is 7.75. The quantitative estimate of drug-likeness (QED) is 0.870. The summed E-state index contributed by atoms with van der Waals surface area (Å²) in [6.07, 6.45) is 6.78. The van der Waals surface area contributed by atoms with Crippen molar-refractivity contribution in [1.29, 1.82) is 0 Å². The summed E-state index contributed by atoms with van der Waals surface area (Å²) in [5.74, 6) is 0.123. The van der Waals surface area contributed by atoms with Crippen LogP contribution in [0.15, 0.2) is 24.3 Å². The van der Waals surface area contributed by atoms with Crippen LogP contribution in [-0.4, -0.2) is 40.9 Å². The molecule has 1 N–H and O–H groups in total. The van der Waals surface area contributed by atoms with Crippen LogP contribution >= 0.6 is 0 Å². The molecule has 1 aromatic carbocycles.